The maximum atomic E-state index is 12.0. The van der Waals surface area contributed by atoms with Gasteiger partial charge in [0.25, 0.3) is 11.6 Å². The summed E-state index contributed by atoms with van der Waals surface area (Å²) < 4.78 is 0. The predicted octanol–water partition coefficient (Wildman–Crippen LogP) is 3.03. The maximum Gasteiger partial charge on any atom is 0.269 e. The number of hydrogen-bond acceptors (Lipinski definition) is 3. The van der Waals surface area contributed by atoms with Gasteiger partial charge in [-0.1, -0.05) is 15.9 Å². The third-order valence-electron chi connectivity index (χ3n) is 3.33. The number of nitrogens with one attached hydrogen (secondary N) is 1. The normalized spacial score (nSPS) is 22.8. The highest BCUT2D eigenvalue weighted by molar-refractivity contribution is 9.09. The Morgan fingerprint density at radius 3 is 2.32 bits per heavy atom. The first kappa shape index (κ1) is 14.0. The van der Waals surface area contributed by atoms with Crippen LogP contribution in [0.1, 0.15) is 36.0 Å². The minimum absolute atomic E-state index is 0.00338. The van der Waals surface area contributed by atoms with Crippen LogP contribution in [0.4, 0.5) is 5.69 Å². The molecule has 0 atom stereocenters. The lowest BCUT2D eigenvalue weighted by molar-refractivity contribution is -0.384. The maximum absolute atomic E-state index is 12.0. The number of hydrogen-bond donors (Lipinski definition) is 1. The molecule has 1 aliphatic carbocycles. The monoisotopic (exact) mass is 326 g/mol. The van der Waals surface area contributed by atoms with Crippen molar-refractivity contribution in [2.45, 2.75) is 36.6 Å². The lowest BCUT2D eigenvalue weighted by Crippen LogP contribution is -2.37. The topological polar surface area (TPSA) is 72.2 Å². The zero-order valence-corrected chi connectivity index (χ0v) is 11.9. The van der Waals surface area contributed by atoms with Crippen molar-refractivity contribution < 1.29 is 9.72 Å². The summed E-state index contributed by atoms with van der Waals surface area (Å²) in [5.41, 5.74) is 0.461. The van der Waals surface area contributed by atoms with Crippen molar-refractivity contribution in [2.75, 3.05) is 0 Å². The zero-order valence-electron chi connectivity index (χ0n) is 10.3. The number of benzene rings is 1. The molecule has 0 aliphatic heterocycles. The average Bonchev–Trinajstić information content (AvgIpc) is 2.41. The highest BCUT2D eigenvalue weighted by Crippen LogP contribution is 2.24. The fourth-order valence-corrected chi connectivity index (χ4v) is 2.73. The molecule has 1 aliphatic rings. The fraction of sp³-hybridized carbons (Fsp3) is 0.462. The van der Waals surface area contributed by atoms with E-state index in [1.807, 2.05) is 0 Å². The van der Waals surface area contributed by atoms with Crippen LogP contribution < -0.4 is 5.32 Å². The third-order valence-corrected chi connectivity index (χ3v) is 4.25. The molecule has 1 saturated carbocycles. The van der Waals surface area contributed by atoms with Gasteiger partial charge in [0.05, 0.1) is 4.92 Å². The standard InChI is InChI=1S/C13H15BrN2O3/c14-10-3-5-11(6-4-10)15-13(17)9-1-7-12(8-2-9)16(18)19/h1-2,7-8,10-11H,3-6H2,(H,15,17). The summed E-state index contributed by atoms with van der Waals surface area (Å²) in [4.78, 5) is 22.6. The van der Waals surface area contributed by atoms with Crippen molar-refractivity contribution in [1.82, 2.24) is 5.32 Å². The van der Waals surface area contributed by atoms with Gasteiger partial charge >= 0.3 is 0 Å². The van der Waals surface area contributed by atoms with Gasteiger partial charge in [-0.3, -0.25) is 14.9 Å². The molecule has 0 radical (unpaired) electrons. The fourth-order valence-electron chi connectivity index (χ4n) is 2.20. The first-order valence-corrected chi connectivity index (χ1v) is 7.17. The molecular weight excluding hydrogens is 312 g/mol. The minimum atomic E-state index is -0.473. The molecule has 102 valence electrons. The number of halogens is 1. The quantitative estimate of drug-likeness (QED) is 0.527. The van der Waals surface area contributed by atoms with Gasteiger partial charge in [0.1, 0.15) is 0 Å². The molecule has 2 rings (SSSR count). The van der Waals surface area contributed by atoms with E-state index in [4.69, 9.17) is 0 Å². The van der Waals surface area contributed by atoms with E-state index in [2.05, 4.69) is 21.2 Å². The first-order valence-electron chi connectivity index (χ1n) is 6.25. The molecule has 1 N–H and O–H groups in total. The van der Waals surface area contributed by atoms with Crippen LogP contribution in [0.2, 0.25) is 0 Å². The lowest BCUT2D eigenvalue weighted by atomic mass is 9.95. The van der Waals surface area contributed by atoms with Crippen LogP contribution in [0.3, 0.4) is 0 Å². The first-order chi connectivity index (χ1) is 9.06. The molecule has 1 aromatic rings. The number of rotatable bonds is 3. The van der Waals surface area contributed by atoms with Gasteiger partial charge in [0, 0.05) is 28.6 Å². The summed E-state index contributed by atoms with van der Waals surface area (Å²) >= 11 is 3.57. The van der Waals surface area contributed by atoms with E-state index in [1.165, 1.54) is 24.3 Å². The number of nitro benzene ring substituents is 1. The average molecular weight is 327 g/mol. The molecule has 1 fully saturated rings. The number of carbonyl (C=O) groups is 1. The molecule has 5 nitrogen and oxygen atoms in total. The summed E-state index contributed by atoms with van der Waals surface area (Å²) in [7, 11) is 0. The van der Waals surface area contributed by atoms with Crippen LogP contribution in [0.5, 0.6) is 0 Å². The van der Waals surface area contributed by atoms with Gasteiger partial charge in [-0.05, 0) is 37.8 Å². The van der Waals surface area contributed by atoms with E-state index in [9.17, 15) is 14.9 Å². The zero-order chi connectivity index (χ0) is 13.8. The van der Waals surface area contributed by atoms with E-state index in [0.29, 0.717) is 10.4 Å². The molecule has 0 unspecified atom stereocenters. The lowest BCUT2D eigenvalue weighted by Gasteiger charge is -2.26. The van der Waals surface area contributed by atoms with Crippen LogP contribution in [0, 0.1) is 10.1 Å². The predicted molar refractivity (Wildman–Crippen MR) is 75.5 cm³/mol. The Balaban J connectivity index is 1.94. The van der Waals surface area contributed by atoms with Crippen LogP contribution in [-0.2, 0) is 0 Å². The van der Waals surface area contributed by atoms with Gasteiger partial charge in [0.2, 0.25) is 0 Å². The van der Waals surface area contributed by atoms with Crippen molar-refractivity contribution in [3.8, 4) is 0 Å². The van der Waals surface area contributed by atoms with Crippen LogP contribution in [0.15, 0.2) is 24.3 Å². The Hall–Kier alpha value is -1.43. The van der Waals surface area contributed by atoms with E-state index in [-0.39, 0.29) is 17.6 Å². The van der Waals surface area contributed by atoms with E-state index in [1.54, 1.807) is 0 Å². The van der Waals surface area contributed by atoms with Crippen molar-refractivity contribution in [3.05, 3.63) is 39.9 Å². The Kier molecular flexibility index (Phi) is 4.52. The molecule has 0 aromatic heterocycles. The molecule has 0 saturated heterocycles. The van der Waals surface area contributed by atoms with Crippen molar-refractivity contribution in [3.63, 3.8) is 0 Å². The van der Waals surface area contributed by atoms with Crippen molar-refractivity contribution in [1.29, 1.82) is 0 Å². The Labute approximate surface area is 119 Å². The van der Waals surface area contributed by atoms with Gasteiger partial charge in [-0.2, -0.15) is 0 Å². The molecule has 1 aromatic carbocycles. The minimum Gasteiger partial charge on any atom is -0.349 e. The summed E-state index contributed by atoms with van der Waals surface area (Å²) in [6.07, 6.45) is 4.06. The number of amides is 1. The largest absolute Gasteiger partial charge is 0.349 e. The second-order valence-electron chi connectivity index (χ2n) is 4.73. The van der Waals surface area contributed by atoms with Crippen LogP contribution >= 0.6 is 15.9 Å². The number of nitrogens with zero attached hydrogens (tertiary/aromatic N) is 1. The SMILES string of the molecule is O=C(NC1CCC(Br)CC1)c1ccc([N+](=O)[O-])cc1. The molecule has 0 heterocycles. The van der Waals surface area contributed by atoms with E-state index < -0.39 is 4.92 Å². The third kappa shape index (κ3) is 3.76. The van der Waals surface area contributed by atoms with Gasteiger partial charge in [-0.25, -0.2) is 0 Å². The van der Waals surface area contributed by atoms with E-state index in [0.717, 1.165) is 25.7 Å². The molecule has 0 spiro atoms. The van der Waals surface area contributed by atoms with Gasteiger partial charge in [0.15, 0.2) is 0 Å². The highest BCUT2D eigenvalue weighted by Gasteiger charge is 2.21. The number of alkyl halides is 1. The summed E-state index contributed by atoms with van der Waals surface area (Å²) in [5, 5.41) is 13.5. The number of carbonyl (C=O) groups excluding carboxylic acids is 1. The summed E-state index contributed by atoms with van der Waals surface area (Å²) in [6.45, 7) is 0. The van der Waals surface area contributed by atoms with Gasteiger partial charge in [-0.15, -0.1) is 0 Å². The summed E-state index contributed by atoms with van der Waals surface area (Å²) in [5.74, 6) is -0.159. The second kappa shape index (κ2) is 6.14. The van der Waals surface area contributed by atoms with Crippen molar-refractivity contribution >= 4 is 27.5 Å². The van der Waals surface area contributed by atoms with Crippen LogP contribution in [0.25, 0.3) is 0 Å². The summed E-state index contributed by atoms with van der Waals surface area (Å²) in [6, 6.07) is 5.89. The second-order valence-corrected chi connectivity index (χ2v) is 6.02. The van der Waals surface area contributed by atoms with Gasteiger partial charge < -0.3 is 5.32 Å². The Morgan fingerprint density at radius 1 is 1.21 bits per heavy atom. The molecule has 1 amide bonds. The smallest absolute Gasteiger partial charge is 0.269 e. The van der Waals surface area contributed by atoms with Crippen molar-refractivity contribution in [2.24, 2.45) is 0 Å². The Morgan fingerprint density at radius 2 is 1.79 bits per heavy atom. The molecule has 19 heavy (non-hydrogen) atoms. The highest BCUT2D eigenvalue weighted by atomic mass is 79.9. The Bertz CT molecular complexity index is 467. The van der Waals surface area contributed by atoms with Crippen LogP contribution in [-0.4, -0.2) is 21.7 Å². The molecular formula is C13H15BrN2O3. The number of nitro groups is 1. The van der Waals surface area contributed by atoms with E-state index >= 15 is 0 Å². The number of non-ortho nitro benzene ring substituents is 1. The molecule has 0 bridgehead atoms. The molecule has 6 heteroatoms.